The zero-order valence-electron chi connectivity index (χ0n) is 18.4. The Balaban J connectivity index is 1.60. The number of nitrogens with one attached hydrogen (secondary N) is 3. The van der Waals surface area contributed by atoms with Gasteiger partial charge >= 0.3 is 0 Å². The topological polar surface area (TPSA) is 128 Å². The third kappa shape index (κ3) is 5.62. The molecule has 3 rings (SSSR count). The van der Waals surface area contributed by atoms with Crippen LogP contribution in [-0.2, 0) is 14.4 Å². The van der Waals surface area contributed by atoms with E-state index in [1.807, 2.05) is 0 Å². The fourth-order valence-electron chi connectivity index (χ4n) is 4.72. The Labute approximate surface area is 183 Å². The SMILES string of the molecule is CC1(C)CCC[C@H](NC(=O)[C@@H]2CCCN2C(=O)CNc2ccccc2C(=N)C(N)=O)C1. The van der Waals surface area contributed by atoms with Gasteiger partial charge in [0.25, 0.3) is 5.91 Å². The van der Waals surface area contributed by atoms with Crippen molar-refractivity contribution in [3.8, 4) is 0 Å². The summed E-state index contributed by atoms with van der Waals surface area (Å²) in [7, 11) is 0. The summed E-state index contributed by atoms with van der Waals surface area (Å²) in [4.78, 5) is 38.8. The highest BCUT2D eigenvalue weighted by atomic mass is 16.2. The van der Waals surface area contributed by atoms with Crippen LogP contribution in [0.25, 0.3) is 0 Å². The predicted octanol–water partition coefficient (Wildman–Crippen LogP) is 2.03. The molecule has 1 saturated heterocycles. The Morgan fingerprint density at radius 2 is 1.94 bits per heavy atom. The zero-order chi connectivity index (χ0) is 22.6. The first-order valence-electron chi connectivity index (χ1n) is 11.0. The molecule has 5 N–H and O–H groups in total. The molecule has 168 valence electrons. The zero-order valence-corrected chi connectivity index (χ0v) is 18.4. The van der Waals surface area contributed by atoms with E-state index in [4.69, 9.17) is 11.1 Å². The number of benzene rings is 1. The van der Waals surface area contributed by atoms with Crippen LogP contribution in [-0.4, -0.2) is 53.5 Å². The predicted molar refractivity (Wildman–Crippen MR) is 120 cm³/mol. The third-order valence-electron chi connectivity index (χ3n) is 6.30. The lowest BCUT2D eigenvalue weighted by Crippen LogP contribution is -2.51. The number of hydrogen-bond donors (Lipinski definition) is 4. The molecule has 1 aromatic rings. The van der Waals surface area contributed by atoms with Gasteiger partial charge in [-0.15, -0.1) is 0 Å². The number of hydrogen-bond acceptors (Lipinski definition) is 5. The van der Waals surface area contributed by atoms with Gasteiger partial charge in [-0.3, -0.25) is 19.8 Å². The Bertz CT molecular complexity index is 867. The Morgan fingerprint density at radius 1 is 1.19 bits per heavy atom. The molecule has 0 unspecified atom stereocenters. The number of carbonyl (C=O) groups excluding carboxylic acids is 3. The molecule has 0 bridgehead atoms. The van der Waals surface area contributed by atoms with Gasteiger partial charge in [-0.05, 0) is 43.6 Å². The van der Waals surface area contributed by atoms with Crippen LogP contribution in [0.5, 0.6) is 0 Å². The van der Waals surface area contributed by atoms with Crippen LogP contribution < -0.4 is 16.4 Å². The van der Waals surface area contributed by atoms with Gasteiger partial charge in [0.1, 0.15) is 11.8 Å². The molecule has 0 aromatic heterocycles. The van der Waals surface area contributed by atoms with Crippen LogP contribution in [0, 0.1) is 10.8 Å². The number of nitrogens with two attached hydrogens (primary N) is 1. The Morgan fingerprint density at radius 3 is 2.65 bits per heavy atom. The first kappa shape index (κ1) is 22.8. The standard InChI is InChI=1S/C23H33N5O3/c1-23(2)11-5-7-15(13-23)27-22(31)18-10-6-12-28(18)19(29)14-26-17-9-4-3-8-16(17)20(24)21(25)30/h3-4,8-9,15,18,24,26H,5-7,10-14H2,1-2H3,(H2,25,30)(H,27,31)/t15-,18-/m0/s1. The second-order valence-corrected chi connectivity index (χ2v) is 9.35. The van der Waals surface area contributed by atoms with Gasteiger partial charge < -0.3 is 21.3 Å². The quantitative estimate of drug-likeness (QED) is 0.496. The number of amides is 3. The van der Waals surface area contributed by atoms with E-state index in [0.717, 1.165) is 25.7 Å². The fourth-order valence-corrected chi connectivity index (χ4v) is 4.72. The number of primary amides is 1. The van der Waals surface area contributed by atoms with Gasteiger partial charge in [0.05, 0.1) is 6.54 Å². The molecule has 2 aliphatic rings. The van der Waals surface area contributed by atoms with E-state index in [1.54, 1.807) is 29.2 Å². The van der Waals surface area contributed by atoms with Crippen molar-refractivity contribution in [2.24, 2.45) is 11.1 Å². The summed E-state index contributed by atoms with van der Waals surface area (Å²) < 4.78 is 0. The van der Waals surface area contributed by atoms with Crippen LogP contribution in [0.15, 0.2) is 24.3 Å². The van der Waals surface area contributed by atoms with Crippen LogP contribution in [0.2, 0.25) is 0 Å². The van der Waals surface area contributed by atoms with E-state index in [0.29, 0.717) is 24.2 Å². The van der Waals surface area contributed by atoms with Crippen molar-refractivity contribution in [3.63, 3.8) is 0 Å². The normalized spacial score (nSPS) is 22.6. The minimum Gasteiger partial charge on any atom is -0.376 e. The minimum absolute atomic E-state index is 0.0245. The first-order chi connectivity index (χ1) is 14.7. The van der Waals surface area contributed by atoms with Crippen molar-refractivity contribution in [3.05, 3.63) is 29.8 Å². The second kappa shape index (κ2) is 9.49. The Kier molecular flexibility index (Phi) is 6.97. The van der Waals surface area contributed by atoms with Gasteiger partial charge in [0, 0.05) is 23.8 Å². The molecule has 2 fully saturated rings. The van der Waals surface area contributed by atoms with E-state index in [9.17, 15) is 14.4 Å². The molecule has 3 amide bonds. The minimum atomic E-state index is -0.831. The lowest BCUT2D eigenvalue weighted by molar-refractivity contribution is -0.137. The molecule has 1 saturated carbocycles. The maximum absolute atomic E-state index is 12.9. The molecule has 0 spiro atoms. The van der Waals surface area contributed by atoms with E-state index in [2.05, 4.69) is 24.5 Å². The molecule has 1 aliphatic carbocycles. The molecule has 1 aromatic carbocycles. The summed E-state index contributed by atoms with van der Waals surface area (Å²) in [6.07, 6.45) is 5.69. The lowest BCUT2D eigenvalue weighted by atomic mass is 9.75. The average molecular weight is 428 g/mol. The number of para-hydroxylation sites is 1. The third-order valence-corrected chi connectivity index (χ3v) is 6.30. The van der Waals surface area contributed by atoms with Crippen molar-refractivity contribution < 1.29 is 14.4 Å². The summed E-state index contributed by atoms with van der Waals surface area (Å²) in [5.74, 6) is -1.07. The smallest absolute Gasteiger partial charge is 0.267 e. The lowest BCUT2D eigenvalue weighted by Gasteiger charge is -2.36. The van der Waals surface area contributed by atoms with Gasteiger partial charge in [-0.2, -0.15) is 0 Å². The van der Waals surface area contributed by atoms with Crippen molar-refractivity contribution in [2.45, 2.75) is 64.5 Å². The van der Waals surface area contributed by atoms with Crippen LogP contribution in [0.3, 0.4) is 0 Å². The largest absolute Gasteiger partial charge is 0.376 e. The molecule has 0 radical (unpaired) electrons. The molecular formula is C23H33N5O3. The van der Waals surface area contributed by atoms with Crippen molar-refractivity contribution in [1.82, 2.24) is 10.2 Å². The van der Waals surface area contributed by atoms with E-state index < -0.39 is 11.9 Å². The summed E-state index contributed by atoms with van der Waals surface area (Å²) >= 11 is 0. The van der Waals surface area contributed by atoms with Crippen molar-refractivity contribution in [2.75, 3.05) is 18.4 Å². The molecule has 2 atom stereocenters. The van der Waals surface area contributed by atoms with Crippen molar-refractivity contribution in [1.29, 1.82) is 5.41 Å². The Hall–Kier alpha value is -2.90. The number of nitrogens with zero attached hydrogens (tertiary/aromatic N) is 1. The van der Waals surface area contributed by atoms with E-state index in [-0.39, 0.29) is 35.5 Å². The average Bonchev–Trinajstić information content (AvgIpc) is 3.21. The fraction of sp³-hybridized carbons (Fsp3) is 0.565. The maximum Gasteiger partial charge on any atom is 0.267 e. The molecule has 1 aliphatic heterocycles. The van der Waals surface area contributed by atoms with Crippen LogP contribution in [0.4, 0.5) is 5.69 Å². The van der Waals surface area contributed by atoms with Gasteiger partial charge in [-0.1, -0.05) is 38.5 Å². The molecular weight excluding hydrogens is 394 g/mol. The number of rotatable bonds is 7. The van der Waals surface area contributed by atoms with Crippen LogP contribution >= 0.6 is 0 Å². The monoisotopic (exact) mass is 427 g/mol. The number of anilines is 1. The van der Waals surface area contributed by atoms with Gasteiger partial charge in [0.15, 0.2) is 0 Å². The summed E-state index contributed by atoms with van der Waals surface area (Å²) in [6.45, 7) is 4.99. The molecule has 1 heterocycles. The van der Waals surface area contributed by atoms with Gasteiger partial charge in [-0.25, -0.2) is 0 Å². The number of likely N-dealkylation sites (tertiary alicyclic amines) is 1. The highest BCUT2D eigenvalue weighted by molar-refractivity contribution is 6.44. The summed E-state index contributed by atoms with van der Waals surface area (Å²) in [5.41, 5.74) is 5.98. The molecule has 31 heavy (non-hydrogen) atoms. The molecule has 8 heteroatoms. The van der Waals surface area contributed by atoms with E-state index in [1.165, 1.54) is 6.42 Å². The molecule has 8 nitrogen and oxygen atoms in total. The summed E-state index contributed by atoms with van der Waals surface area (Å²) in [6, 6.07) is 6.48. The van der Waals surface area contributed by atoms with E-state index >= 15 is 0 Å². The highest BCUT2D eigenvalue weighted by Gasteiger charge is 2.36. The highest BCUT2D eigenvalue weighted by Crippen LogP contribution is 2.35. The maximum atomic E-state index is 12.9. The van der Waals surface area contributed by atoms with Crippen molar-refractivity contribution >= 4 is 29.1 Å². The number of carbonyl (C=O) groups is 3. The van der Waals surface area contributed by atoms with Crippen LogP contribution in [0.1, 0.15) is 57.9 Å². The second-order valence-electron chi connectivity index (χ2n) is 9.35. The first-order valence-corrected chi connectivity index (χ1v) is 11.0. The summed E-state index contributed by atoms with van der Waals surface area (Å²) in [5, 5.41) is 14.0. The van der Waals surface area contributed by atoms with Gasteiger partial charge in [0.2, 0.25) is 11.8 Å².